The second-order valence-electron chi connectivity index (χ2n) is 6.55. The number of rotatable bonds is 8. The van der Waals surface area contributed by atoms with Crippen molar-refractivity contribution in [2.75, 3.05) is 37.8 Å². The molecular formula is C20H22BrClFN3OS2. The maximum absolute atomic E-state index is 13.1. The van der Waals surface area contributed by atoms with E-state index in [2.05, 4.69) is 25.8 Å². The zero-order valence-corrected chi connectivity index (χ0v) is 20.1. The van der Waals surface area contributed by atoms with E-state index in [1.165, 1.54) is 35.2 Å². The van der Waals surface area contributed by atoms with E-state index in [0.717, 1.165) is 37.7 Å². The van der Waals surface area contributed by atoms with Gasteiger partial charge < -0.3 is 4.90 Å². The van der Waals surface area contributed by atoms with Crippen molar-refractivity contribution < 1.29 is 9.18 Å². The highest BCUT2D eigenvalue weighted by Gasteiger charge is 2.20. The molecule has 0 atom stereocenters. The van der Waals surface area contributed by atoms with Crippen molar-refractivity contribution >= 4 is 72.7 Å². The molecule has 1 aromatic heterocycles. The Balaban J connectivity index is 0.00000300. The number of aromatic nitrogens is 1. The van der Waals surface area contributed by atoms with Gasteiger partial charge in [-0.2, -0.15) is 0 Å². The first-order valence-corrected chi connectivity index (χ1v) is 11.4. The number of nitrogens with zero attached hydrogens (tertiary/aromatic N) is 3. The lowest BCUT2D eigenvalue weighted by Gasteiger charge is -2.21. The van der Waals surface area contributed by atoms with Crippen LogP contribution in [0, 0.1) is 5.82 Å². The van der Waals surface area contributed by atoms with Crippen LogP contribution in [0.5, 0.6) is 0 Å². The zero-order chi connectivity index (χ0) is 20.1. The van der Waals surface area contributed by atoms with Crippen LogP contribution in [-0.4, -0.2) is 48.7 Å². The van der Waals surface area contributed by atoms with Crippen LogP contribution in [0.25, 0.3) is 10.2 Å². The fourth-order valence-electron chi connectivity index (χ4n) is 2.63. The quantitative estimate of drug-likeness (QED) is 0.359. The number of hydrogen-bond donors (Lipinski definition) is 0. The molecule has 0 bridgehead atoms. The van der Waals surface area contributed by atoms with Gasteiger partial charge in [0.2, 0.25) is 5.91 Å². The van der Waals surface area contributed by atoms with Crippen molar-refractivity contribution in [3.8, 4) is 0 Å². The predicted molar refractivity (Wildman–Crippen MR) is 127 cm³/mol. The highest BCUT2D eigenvalue weighted by molar-refractivity contribution is 9.10. The summed E-state index contributed by atoms with van der Waals surface area (Å²) in [5, 5.41) is 0.719. The van der Waals surface area contributed by atoms with E-state index in [1.54, 1.807) is 17.0 Å². The van der Waals surface area contributed by atoms with Crippen LogP contribution in [0.4, 0.5) is 9.52 Å². The minimum Gasteiger partial charge on any atom is -0.309 e. The molecule has 0 aliphatic carbocycles. The summed E-state index contributed by atoms with van der Waals surface area (Å²) in [4.78, 5) is 22.4. The van der Waals surface area contributed by atoms with Crippen LogP contribution < -0.4 is 4.90 Å². The molecule has 3 rings (SSSR count). The van der Waals surface area contributed by atoms with Crippen molar-refractivity contribution in [3.63, 3.8) is 0 Å². The van der Waals surface area contributed by atoms with Gasteiger partial charge in [-0.25, -0.2) is 9.37 Å². The van der Waals surface area contributed by atoms with E-state index in [1.807, 2.05) is 32.3 Å². The van der Waals surface area contributed by atoms with E-state index < -0.39 is 0 Å². The molecule has 4 nitrogen and oxygen atoms in total. The highest BCUT2D eigenvalue weighted by Crippen LogP contribution is 2.31. The van der Waals surface area contributed by atoms with E-state index in [0.29, 0.717) is 6.54 Å². The topological polar surface area (TPSA) is 36.4 Å². The van der Waals surface area contributed by atoms with Gasteiger partial charge in [-0.3, -0.25) is 9.69 Å². The third-order valence-electron chi connectivity index (χ3n) is 4.03. The van der Waals surface area contributed by atoms with Crippen molar-refractivity contribution in [1.29, 1.82) is 0 Å². The summed E-state index contributed by atoms with van der Waals surface area (Å²) in [6.45, 7) is 1.51. The van der Waals surface area contributed by atoms with E-state index in [4.69, 9.17) is 0 Å². The minimum atomic E-state index is -0.276. The molecule has 9 heteroatoms. The molecule has 0 spiro atoms. The summed E-state index contributed by atoms with van der Waals surface area (Å²) < 4.78 is 15.1. The Kier molecular flexibility index (Phi) is 9.36. The number of carbonyl (C=O) groups is 1. The smallest absolute Gasteiger partial charge is 0.239 e. The largest absolute Gasteiger partial charge is 0.309 e. The molecule has 0 saturated carbocycles. The molecule has 29 heavy (non-hydrogen) atoms. The standard InChI is InChI=1S/C20H21BrFN3OS2.ClH/c1-24(2)10-3-11-25(19(26)13-27-16-7-5-15(22)6-8-16)20-23-17-9-4-14(21)12-18(17)28-20;/h4-9,12H,3,10-11,13H2,1-2H3;1H. The first-order chi connectivity index (χ1) is 13.4. The molecule has 0 radical (unpaired) electrons. The Morgan fingerprint density at radius 3 is 2.59 bits per heavy atom. The summed E-state index contributed by atoms with van der Waals surface area (Å²) in [7, 11) is 4.04. The van der Waals surface area contributed by atoms with Gasteiger partial charge >= 0.3 is 0 Å². The molecule has 1 amide bonds. The lowest BCUT2D eigenvalue weighted by molar-refractivity contribution is -0.116. The number of carbonyl (C=O) groups excluding carboxylic acids is 1. The van der Waals surface area contributed by atoms with Crippen LogP contribution in [0.1, 0.15) is 6.42 Å². The van der Waals surface area contributed by atoms with Crippen LogP contribution >= 0.6 is 51.4 Å². The maximum atomic E-state index is 13.1. The Labute approximate surface area is 193 Å². The number of hydrogen-bond acceptors (Lipinski definition) is 5. The van der Waals surface area contributed by atoms with Crippen molar-refractivity contribution in [2.45, 2.75) is 11.3 Å². The number of thioether (sulfide) groups is 1. The summed E-state index contributed by atoms with van der Waals surface area (Å²) in [5.41, 5.74) is 0.889. The second kappa shape index (κ2) is 11.3. The average molecular weight is 519 g/mol. The fourth-order valence-corrected chi connectivity index (χ4v) is 4.96. The maximum Gasteiger partial charge on any atom is 0.239 e. The predicted octanol–water partition coefficient (Wildman–Crippen LogP) is 5.70. The van der Waals surface area contributed by atoms with Gasteiger partial charge in [0, 0.05) is 15.9 Å². The first kappa shape index (κ1) is 24.1. The van der Waals surface area contributed by atoms with Crippen LogP contribution in [0.2, 0.25) is 0 Å². The van der Waals surface area contributed by atoms with Gasteiger partial charge in [-0.15, -0.1) is 24.2 Å². The summed E-state index contributed by atoms with van der Waals surface area (Å²) in [5.74, 6) is 0.0144. The first-order valence-electron chi connectivity index (χ1n) is 8.82. The lowest BCUT2D eigenvalue weighted by atomic mass is 10.3. The molecule has 1 heterocycles. The lowest BCUT2D eigenvalue weighted by Crippen LogP contribution is -2.34. The highest BCUT2D eigenvalue weighted by atomic mass is 79.9. The molecule has 0 N–H and O–H groups in total. The van der Waals surface area contributed by atoms with Gasteiger partial charge in [0.25, 0.3) is 0 Å². The number of benzene rings is 2. The molecule has 0 fully saturated rings. The molecule has 3 aromatic rings. The Bertz CT molecular complexity index is 953. The molecule has 0 unspecified atom stereocenters. The molecule has 0 aliphatic rings. The number of halogens is 3. The van der Waals surface area contributed by atoms with Gasteiger partial charge in [-0.1, -0.05) is 27.3 Å². The van der Waals surface area contributed by atoms with Crippen molar-refractivity contribution in [1.82, 2.24) is 9.88 Å². The third kappa shape index (κ3) is 6.93. The number of fused-ring (bicyclic) bond motifs is 1. The third-order valence-corrected chi connectivity index (χ3v) is 6.57. The number of thiazole rings is 1. The van der Waals surface area contributed by atoms with E-state index >= 15 is 0 Å². The second-order valence-corrected chi connectivity index (χ2v) is 9.53. The SMILES string of the molecule is CN(C)CCCN(C(=O)CSc1ccc(F)cc1)c1nc2ccc(Br)cc2s1.Cl. The summed E-state index contributed by atoms with van der Waals surface area (Å²) in [6.07, 6.45) is 0.861. The average Bonchev–Trinajstić information content (AvgIpc) is 3.07. The molecular weight excluding hydrogens is 497 g/mol. The minimum absolute atomic E-state index is 0. The molecule has 0 saturated heterocycles. The van der Waals surface area contributed by atoms with Crippen LogP contribution in [0.3, 0.4) is 0 Å². The van der Waals surface area contributed by atoms with Gasteiger partial charge in [0.05, 0.1) is 16.0 Å². The van der Waals surface area contributed by atoms with Gasteiger partial charge in [0.1, 0.15) is 5.82 Å². The van der Waals surface area contributed by atoms with Gasteiger partial charge in [-0.05, 0) is 69.5 Å². The monoisotopic (exact) mass is 517 g/mol. The Morgan fingerprint density at radius 2 is 1.90 bits per heavy atom. The molecule has 0 aliphatic heterocycles. The summed E-state index contributed by atoms with van der Waals surface area (Å²) >= 11 is 6.42. The van der Waals surface area contributed by atoms with Crippen LogP contribution in [-0.2, 0) is 4.79 Å². The normalized spacial score (nSPS) is 10.9. The molecule has 2 aromatic carbocycles. The van der Waals surface area contributed by atoms with Crippen LogP contribution in [0.15, 0.2) is 51.8 Å². The fraction of sp³-hybridized carbons (Fsp3) is 0.300. The molecule has 156 valence electrons. The summed E-state index contributed by atoms with van der Waals surface area (Å²) in [6, 6.07) is 12.1. The van der Waals surface area contributed by atoms with Gasteiger partial charge in [0.15, 0.2) is 5.13 Å². The number of amides is 1. The Hall–Kier alpha value is -1.19. The zero-order valence-electron chi connectivity index (χ0n) is 16.1. The number of anilines is 1. The Morgan fingerprint density at radius 1 is 1.17 bits per heavy atom. The van der Waals surface area contributed by atoms with E-state index in [-0.39, 0.29) is 29.9 Å². The van der Waals surface area contributed by atoms with E-state index in [9.17, 15) is 9.18 Å². The van der Waals surface area contributed by atoms with Crippen molar-refractivity contribution in [3.05, 3.63) is 52.8 Å². The van der Waals surface area contributed by atoms with Crippen molar-refractivity contribution in [2.24, 2.45) is 0 Å².